The molecule has 0 saturated heterocycles. The minimum absolute atomic E-state index is 0.0609. The average molecular weight is 467 g/mol. The second kappa shape index (κ2) is 8.71. The van der Waals surface area contributed by atoms with Gasteiger partial charge in [-0.3, -0.25) is 0 Å². The first-order valence-electron chi connectivity index (χ1n) is 9.75. The van der Waals surface area contributed by atoms with Gasteiger partial charge in [-0.1, -0.05) is 50.2 Å². The van der Waals surface area contributed by atoms with Gasteiger partial charge in [0, 0.05) is 10.1 Å². The molecule has 7 heteroatoms. The van der Waals surface area contributed by atoms with Crippen molar-refractivity contribution in [3.05, 3.63) is 76.0 Å². The van der Waals surface area contributed by atoms with Gasteiger partial charge in [0.25, 0.3) is 0 Å². The molecule has 1 unspecified atom stereocenters. The number of carbonyl (C=O) groups is 1. The summed E-state index contributed by atoms with van der Waals surface area (Å²) in [5.74, 6) is -0.855. The smallest absolute Gasteiger partial charge is 0.417 e. The molecule has 0 spiro atoms. The summed E-state index contributed by atoms with van der Waals surface area (Å²) in [6.45, 7) is 4.06. The van der Waals surface area contributed by atoms with E-state index in [-0.39, 0.29) is 21.6 Å². The fourth-order valence-electron chi connectivity index (χ4n) is 4.02. The van der Waals surface area contributed by atoms with E-state index in [1.54, 1.807) is 54.6 Å². The van der Waals surface area contributed by atoms with Gasteiger partial charge in [0.15, 0.2) is 0 Å². The molecule has 0 radical (unpaired) electrons. The van der Waals surface area contributed by atoms with Gasteiger partial charge in [0.2, 0.25) is 0 Å². The maximum absolute atomic E-state index is 14.0. The summed E-state index contributed by atoms with van der Waals surface area (Å²) >= 11 is 1.21. The zero-order valence-corrected chi connectivity index (χ0v) is 19.4. The predicted molar refractivity (Wildman–Crippen MR) is 123 cm³/mol. The number of hydrogen-bond donors (Lipinski definition) is 1. The van der Waals surface area contributed by atoms with Crippen molar-refractivity contribution in [2.45, 2.75) is 30.2 Å². The molecule has 1 heterocycles. The number of thiophene rings is 1. The van der Waals surface area contributed by atoms with Gasteiger partial charge in [0.1, 0.15) is 4.88 Å². The summed E-state index contributed by atoms with van der Waals surface area (Å²) < 4.78 is 42.1. The van der Waals surface area contributed by atoms with Crippen LogP contribution in [0.3, 0.4) is 0 Å². The van der Waals surface area contributed by atoms with Gasteiger partial charge in [-0.2, -0.15) is 13.2 Å². The van der Waals surface area contributed by atoms with Crippen molar-refractivity contribution < 1.29 is 23.1 Å². The molecular formula is C24H25F3O2S2. The normalized spacial score (nSPS) is 13.9. The number of benzene rings is 2. The van der Waals surface area contributed by atoms with Gasteiger partial charge >= 0.3 is 12.1 Å². The molecule has 0 fully saturated rings. The lowest BCUT2D eigenvalue weighted by Crippen LogP contribution is -2.16. The summed E-state index contributed by atoms with van der Waals surface area (Å²) in [5, 5.41) is 9.23. The maximum atomic E-state index is 14.0. The van der Waals surface area contributed by atoms with Gasteiger partial charge in [-0.05, 0) is 58.7 Å². The lowest BCUT2D eigenvalue weighted by molar-refractivity contribution is -0.137. The molecular weight excluding hydrogens is 441 g/mol. The topological polar surface area (TPSA) is 37.3 Å². The highest BCUT2D eigenvalue weighted by molar-refractivity contribution is 8.32. The van der Waals surface area contributed by atoms with Crippen molar-refractivity contribution in [1.29, 1.82) is 0 Å². The second-order valence-electron chi connectivity index (χ2n) is 8.15. The number of aromatic carboxylic acids is 1. The van der Waals surface area contributed by atoms with Gasteiger partial charge in [-0.15, -0.1) is 11.3 Å². The first-order valence-corrected chi connectivity index (χ1v) is 13.1. The first-order chi connectivity index (χ1) is 14.4. The molecule has 1 atom stereocenters. The van der Waals surface area contributed by atoms with Crippen molar-refractivity contribution in [3.8, 4) is 11.1 Å². The van der Waals surface area contributed by atoms with Crippen LogP contribution in [-0.4, -0.2) is 23.6 Å². The van der Waals surface area contributed by atoms with E-state index in [1.165, 1.54) is 17.4 Å². The molecule has 3 aromatic rings. The highest BCUT2D eigenvalue weighted by atomic mass is 32.3. The summed E-state index contributed by atoms with van der Waals surface area (Å²) in [6, 6.07) is 16.6. The van der Waals surface area contributed by atoms with Crippen molar-refractivity contribution in [3.63, 3.8) is 0 Å². The summed E-state index contributed by atoms with van der Waals surface area (Å²) in [7, 11) is -1.73. The Labute approximate surface area is 186 Å². The molecule has 2 aromatic carbocycles. The van der Waals surface area contributed by atoms with Crippen LogP contribution in [0.5, 0.6) is 0 Å². The third-order valence-corrected chi connectivity index (χ3v) is 10.2. The number of rotatable bonds is 6. The van der Waals surface area contributed by atoms with Crippen LogP contribution in [0.4, 0.5) is 13.2 Å². The molecule has 0 saturated carbocycles. The Balaban J connectivity index is 2.13. The monoisotopic (exact) mass is 466 g/mol. The fraction of sp³-hybridized carbons (Fsp3) is 0.292. The molecule has 0 aliphatic rings. The van der Waals surface area contributed by atoms with Crippen molar-refractivity contribution in [2.24, 2.45) is 5.92 Å². The number of carboxylic acid groups (broad SMARTS) is 1. The van der Waals surface area contributed by atoms with Crippen molar-refractivity contribution >= 4 is 27.3 Å². The largest absolute Gasteiger partial charge is 0.477 e. The Morgan fingerprint density at radius 1 is 1.00 bits per heavy atom. The molecule has 0 amide bonds. The van der Waals surface area contributed by atoms with E-state index in [4.69, 9.17) is 0 Å². The van der Waals surface area contributed by atoms with Gasteiger partial charge < -0.3 is 5.11 Å². The van der Waals surface area contributed by atoms with E-state index in [9.17, 15) is 23.1 Å². The Kier molecular flexibility index (Phi) is 6.58. The fourth-order valence-corrected chi connectivity index (χ4v) is 9.04. The minimum atomic E-state index is -4.48. The van der Waals surface area contributed by atoms with Gasteiger partial charge in [0.05, 0.1) is 5.56 Å². The summed E-state index contributed by atoms with van der Waals surface area (Å²) in [6.07, 6.45) is -0.464. The zero-order valence-electron chi connectivity index (χ0n) is 17.7. The number of hydrogen-bond acceptors (Lipinski definition) is 2. The average Bonchev–Trinajstić information content (AvgIpc) is 3.16. The summed E-state index contributed by atoms with van der Waals surface area (Å²) in [5.41, 5.74) is 0.0491. The minimum Gasteiger partial charge on any atom is -0.477 e. The van der Waals surface area contributed by atoms with E-state index >= 15 is 0 Å². The third-order valence-electron chi connectivity index (χ3n) is 5.35. The van der Waals surface area contributed by atoms with Crippen LogP contribution >= 0.6 is 21.4 Å². The van der Waals surface area contributed by atoms with E-state index in [0.29, 0.717) is 10.5 Å². The molecule has 0 aliphatic carbocycles. The third kappa shape index (κ3) is 4.83. The van der Waals surface area contributed by atoms with Crippen LogP contribution in [0.25, 0.3) is 11.1 Å². The molecule has 2 nitrogen and oxygen atoms in total. The van der Waals surface area contributed by atoms with E-state index in [1.807, 2.05) is 26.4 Å². The maximum Gasteiger partial charge on any atom is 0.417 e. The van der Waals surface area contributed by atoms with Crippen LogP contribution in [0.2, 0.25) is 0 Å². The van der Waals surface area contributed by atoms with E-state index in [2.05, 4.69) is 0 Å². The molecule has 1 aromatic heterocycles. The van der Waals surface area contributed by atoms with Crippen molar-refractivity contribution in [1.82, 2.24) is 0 Å². The van der Waals surface area contributed by atoms with Crippen LogP contribution in [0.1, 0.15) is 39.2 Å². The van der Waals surface area contributed by atoms with E-state index in [0.717, 1.165) is 4.88 Å². The molecule has 31 heavy (non-hydrogen) atoms. The van der Waals surface area contributed by atoms with Crippen LogP contribution in [-0.2, 0) is 6.18 Å². The molecule has 0 bridgehead atoms. The molecule has 166 valence electrons. The standard InChI is InChI=1S/C24H25F3O2S2/c1-15(2)22(20-12-13-21(30-20)23(28)29)31(3,4)17-10-11-18(16-8-6-5-7-9-16)19(14-17)24(25,26)27/h5-15,22H,1-4H3,(H,28,29). The number of alkyl halides is 3. The lowest BCUT2D eigenvalue weighted by atomic mass is 9.99. The van der Waals surface area contributed by atoms with Crippen molar-refractivity contribution in [2.75, 3.05) is 12.5 Å². The highest BCUT2D eigenvalue weighted by Gasteiger charge is 2.37. The predicted octanol–water partition coefficient (Wildman–Crippen LogP) is 7.95. The Morgan fingerprint density at radius 3 is 2.16 bits per heavy atom. The lowest BCUT2D eigenvalue weighted by Gasteiger charge is -2.42. The Bertz CT molecular complexity index is 1070. The first kappa shape index (κ1) is 23.4. The summed E-state index contributed by atoms with van der Waals surface area (Å²) in [4.78, 5) is 13.1. The Morgan fingerprint density at radius 2 is 1.65 bits per heavy atom. The zero-order chi connectivity index (χ0) is 23.0. The van der Waals surface area contributed by atoms with Gasteiger partial charge in [-0.25, -0.2) is 14.8 Å². The SMILES string of the molecule is CC(C)C(c1ccc(C(=O)O)s1)S(C)(C)c1ccc(-c2ccccc2)c(C(F)(F)F)c1. The molecule has 1 N–H and O–H groups in total. The molecule has 3 rings (SSSR count). The second-order valence-corrected chi connectivity index (χ2v) is 13.1. The molecule has 0 aliphatic heterocycles. The van der Waals surface area contributed by atoms with Crippen LogP contribution in [0.15, 0.2) is 65.6 Å². The number of carboxylic acids is 1. The van der Waals surface area contributed by atoms with Crippen LogP contribution in [0, 0.1) is 5.92 Å². The number of halogens is 3. The Hall–Kier alpha value is -2.25. The highest BCUT2D eigenvalue weighted by Crippen LogP contribution is 2.65. The quantitative estimate of drug-likeness (QED) is 0.400. The van der Waals surface area contributed by atoms with E-state index < -0.39 is 27.7 Å². The van der Waals surface area contributed by atoms with Crippen LogP contribution < -0.4 is 0 Å².